The van der Waals surface area contributed by atoms with Crippen molar-refractivity contribution in [3.8, 4) is 0 Å². The Morgan fingerprint density at radius 2 is 1.71 bits per heavy atom. The first-order valence-corrected chi connectivity index (χ1v) is 16.5. The number of nitrogens with zero attached hydrogens (tertiary/aromatic N) is 4. The van der Waals surface area contributed by atoms with E-state index >= 15 is 0 Å². The number of thiophene rings is 1. The number of fused-ring (bicyclic) bond motifs is 3. The Labute approximate surface area is 254 Å². The standard InChI is InChI=1S/C33H46N6O2S/c1-33(2,3)41-32(40)39-19-17-22(18-20-39)21-9-11-24(12-10-21)35-31-36-29(34-23-13-15-25(16-14-23)38(4)5)28-26-7-6-8-27(26)42-30(28)37-31/h9-12,22-23,25H,6-8,13-20H2,1-5H3,(H2,34,35,36,37). The number of carbonyl (C=O) groups is 1. The largest absolute Gasteiger partial charge is 0.444 e. The van der Waals surface area contributed by atoms with Gasteiger partial charge in [-0.05, 0) is 122 Å². The predicted molar refractivity (Wildman–Crippen MR) is 172 cm³/mol. The number of piperidine rings is 1. The summed E-state index contributed by atoms with van der Waals surface area (Å²) >= 11 is 1.84. The number of amides is 1. The number of anilines is 3. The number of carbonyl (C=O) groups excluding carboxylic acids is 1. The van der Waals surface area contributed by atoms with Gasteiger partial charge in [0.1, 0.15) is 16.2 Å². The molecule has 1 saturated heterocycles. The van der Waals surface area contributed by atoms with Gasteiger partial charge in [0.15, 0.2) is 0 Å². The Morgan fingerprint density at radius 1 is 1.00 bits per heavy atom. The third-order valence-corrected chi connectivity index (χ3v) is 10.3. The third-order valence-electron chi connectivity index (χ3n) is 9.12. The van der Waals surface area contributed by atoms with Crippen molar-refractivity contribution in [1.82, 2.24) is 19.8 Å². The summed E-state index contributed by atoms with van der Waals surface area (Å²) < 4.78 is 5.56. The van der Waals surface area contributed by atoms with E-state index < -0.39 is 5.60 Å². The second kappa shape index (κ2) is 12.0. The van der Waals surface area contributed by atoms with Crippen LogP contribution in [0.15, 0.2) is 24.3 Å². The fourth-order valence-corrected chi connectivity index (χ4v) is 8.04. The summed E-state index contributed by atoms with van der Waals surface area (Å²) in [7, 11) is 4.39. The molecule has 3 aromatic rings. The van der Waals surface area contributed by atoms with Crippen LogP contribution in [-0.2, 0) is 17.6 Å². The highest BCUT2D eigenvalue weighted by Crippen LogP contribution is 2.41. The minimum absolute atomic E-state index is 0.205. The van der Waals surface area contributed by atoms with Gasteiger partial charge in [-0.25, -0.2) is 9.78 Å². The normalized spacial score (nSPS) is 21.5. The lowest BCUT2D eigenvalue weighted by Gasteiger charge is -2.33. The van der Waals surface area contributed by atoms with Crippen LogP contribution in [0, 0.1) is 0 Å². The number of benzene rings is 1. The maximum Gasteiger partial charge on any atom is 0.410 e. The van der Waals surface area contributed by atoms with Crippen molar-refractivity contribution < 1.29 is 9.53 Å². The second-order valence-electron chi connectivity index (χ2n) is 13.5. The minimum Gasteiger partial charge on any atom is -0.444 e. The number of hydrogen-bond acceptors (Lipinski definition) is 8. The number of nitrogens with one attached hydrogen (secondary N) is 2. The van der Waals surface area contributed by atoms with Crippen molar-refractivity contribution in [1.29, 1.82) is 0 Å². The van der Waals surface area contributed by atoms with E-state index in [9.17, 15) is 4.79 Å². The first-order valence-electron chi connectivity index (χ1n) is 15.7. The molecular weight excluding hydrogens is 544 g/mol. The summed E-state index contributed by atoms with van der Waals surface area (Å²) in [5.41, 5.74) is 3.31. The van der Waals surface area contributed by atoms with Crippen LogP contribution in [0.4, 0.5) is 22.2 Å². The molecule has 1 saturated carbocycles. The van der Waals surface area contributed by atoms with Crippen molar-refractivity contribution in [3.63, 3.8) is 0 Å². The Hall–Kier alpha value is -2.91. The van der Waals surface area contributed by atoms with E-state index in [-0.39, 0.29) is 6.09 Å². The number of likely N-dealkylation sites (tertiary alicyclic amines) is 1. The van der Waals surface area contributed by atoms with E-state index in [4.69, 9.17) is 14.7 Å². The Balaban J connectivity index is 1.13. The zero-order valence-electron chi connectivity index (χ0n) is 25.8. The molecule has 1 amide bonds. The van der Waals surface area contributed by atoms with E-state index in [1.165, 1.54) is 53.5 Å². The lowest BCUT2D eigenvalue weighted by atomic mass is 9.89. The van der Waals surface area contributed by atoms with Crippen LogP contribution in [0.25, 0.3) is 10.2 Å². The molecule has 0 spiro atoms. The number of aromatic nitrogens is 2. The van der Waals surface area contributed by atoms with Crippen LogP contribution < -0.4 is 10.6 Å². The molecule has 1 aliphatic heterocycles. The van der Waals surface area contributed by atoms with Crippen LogP contribution in [-0.4, -0.2) is 70.7 Å². The quantitative estimate of drug-likeness (QED) is 0.311. The summed E-state index contributed by atoms with van der Waals surface area (Å²) in [6.07, 6.45) is 9.98. The first-order chi connectivity index (χ1) is 20.1. The van der Waals surface area contributed by atoms with Gasteiger partial charge in [0.05, 0.1) is 5.39 Å². The van der Waals surface area contributed by atoms with Crippen molar-refractivity contribution in [2.75, 3.05) is 37.8 Å². The van der Waals surface area contributed by atoms with Gasteiger partial charge in [0.25, 0.3) is 0 Å². The molecule has 1 aromatic carbocycles. The molecule has 3 aliphatic rings. The molecule has 2 N–H and O–H groups in total. The van der Waals surface area contributed by atoms with Crippen molar-refractivity contribution in [2.45, 2.75) is 102 Å². The summed E-state index contributed by atoms with van der Waals surface area (Å²) in [4.78, 5) is 29.3. The smallest absolute Gasteiger partial charge is 0.410 e. The molecular formula is C33H46N6O2S. The fourth-order valence-electron chi connectivity index (χ4n) is 6.78. The topological polar surface area (TPSA) is 82.6 Å². The van der Waals surface area contributed by atoms with Gasteiger partial charge in [-0.15, -0.1) is 11.3 Å². The Morgan fingerprint density at radius 3 is 2.38 bits per heavy atom. The molecule has 2 fully saturated rings. The summed E-state index contributed by atoms with van der Waals surface area (Å²) in [5, 5.41) is 8.61. The summed E-state index contributed by atoms with van der Waals surface area (Å²) in [5.74, 6) is 2.10. The molecule has 3 heterocycles. The molecule has 226 valence electrons. The second-order valence-corrected chi connectivity index (χ2v) is 14.6. The molecule has 2 aromatic heterocycles. The van der Waals surface area contributed by atoms with Gasteiger partial charge in [-0.1, -0.05) is 12.1 Å². The van der Waals surface area contributed by atoms with Crippen LogP contribution in [0.1, 0.15) is 87.6 Å². The molecule has 2 aliphatic carbocycles. The van der Waals surface area contributed by atoms with E-state index in [1.807, 2.05) is 37.0 Å². The van der Waals surface area contributed by atoms with Gasteiger partial charge >= 0.3 is 6.09 Å². The average molecular weight is 591 g/mol. The first kappa shape index (κ1) is 29.2. The molecule has 0 radical (unpaired) electrons. The monoisotopic (exact) mass is 590 g/mol. The SMILES string of the molecule is CN(C)C1CCC(Nc2nc(Nc3ccc(C4CCN(C(=O)OC(C)(C)C)CC4)cc3)nc3sc4c(c23)CCC4)CC1. The molecule has 0 atom stereocenters. The van der Waals surface area contributed by atoms with Gasteiger partial charge in [0, 0.05) is 35.7 Å². The third kappa shape index (κ3) is 6.52. The number of rotatable bonds is 6. The molecule has 6 rings (SSSR count). The zero-order valence-corrected chi connectivity index (χ0v) is 26.6. The molecule has 9 heteroatoms. The predicted octanol–water partition coefficient (Wildman–Crippen LogP) is 7.32. The van der Waals surface area contributed by atoms with Crippen molar-refractivity contribution in [3.05, 3.63) is 40.3 Å². The molecule has 8 nitrogen and oxygen atoms in total. The summed E-state index contributed by atoms with van der Waals surface area (Å²) in [6.45, 7) is 7.20. The highest BCUT2D eigenvalue weighted by molar-refractivity contribution is 7.19. The lowest BCUT2D eigenvalue weighted by Crippen LogP contribution is -2.41. The van der Waals surface area contributed by atoms with E-state index in [0.29, 0.717) is 23.9 Å². The van der Waals surface area contributed by atoms with Gasteiger partial charge in [-0.2, -0.15) is 4.98 Å². The van der Waals surface area contributed by atoms with Crippen LogP contribution in [0.2, 0.25) is 0 Å². The average Bonchev–Trinajstić information content (AvgIpc) is 3.54. The molecule has 0 unspecified atom stereocenters. The zero-order chi connectivity index (χ0) is 29.4. The van der Waals surface area contributed by atoms with Crippen LogP contribution in [0.3, 0.4) is 0 Å². The molecule has 42 heavy (non-hydrogen) atoms. The summed E-state index contributed by atoms with van der Waals surface area (Å²) in [6, 6.07) is 9.80. The van der Waals surface area contributed by atoms with E-state index in [0.717, 1.165) is 55.1 Å². The fraction of sp³-hybridized carbons (Fsp3) is 0.606. The maximum atomic E-state index is 12.4. The van der Waals surface area contributed by atoms with Gasteiger partial charge in [-0.3, -0.25) is 0 Å². The van der Waals surface area contributed by atoms with Crippen LogP contribution in [0.5, 0.6) is 0 Å². The highest BCUT2D eigenvalue weighted by atomic mass is 32.1. The Bertz CT molecular complexity index is 1400. The Kier molecular flexibility index (Phi) is 8.33. The minimum atomic E-state index is -0.461. The van der Waals surface area contributed by atoms with Gasteiger partial charge < -0.3 is 25.2 Å². The lowest BCUT2D eigenvalue weighted by molar-refractivity contribution is 0.0205. The van der Waals surface area contributed by atoms with Crippen molar-refractivity contribution in [2.24, 2.45) is 0 Å². The van der Waals surface area contributed by atoms with Crippen LogP contribution >= 0.6 is 11.3 Å². The van der Waals surface area contributed by atoms with Gasteiger partial charge in [0.2, 0.25) is 5.95 Å². The number of aryl methyl sites for hydroxylation is 2. The van der Waals surface area contributed by atoms with E-state index in [1.54, 1.807) is 0 Å². The number of hydrogen-bond donors (Lipinski definition) is 2. The molecule has 0 bridgehead atoms. The van der Waals surface area contributed by atoms with E-state index in [2.05, 4.69) is 53.9 Å². The highest BCUT2D eigenvalue weighted by Gasteiger charge is 2.28. The maximum absolute atomic E-state index is 12.4. The van der Waals surface area contributed by atoms with Crippen molar-refractivity contribution >= 4 is 45.1 Å². The number of ether oxygens (including phenoxy) is 1.